The van der Waals surface area contributed by atoms with Gasteiger partial charge in [-0.25, -0.2) is 0 Å². The normalized spacial score (nSPS) is 12.2. The molecule has 1 heterocycles. The number of benzene rings is 2. The molecular formula is C18H14Cl2O3S. The molecule has 1 unspecified atom stereocenters. The van der Waals surface area contributed by atoms with Crippen LogP contribution in [0.4, 0.5) is 0 Å². The molecule has 2 N–H and O–H groups in total. The maximum atomic E-state index is 10.6. The zero-order valence-electron chi connectivity index (χ0n) is 12.7. The molecule has 0 bridgehead atoms. The highest BCUT2D eigenvalue weighted by Gasteiger charge is 2.28. The van der Waals surface area contributed by atoms with Crippen molar-refractivity contribution in [1.82, 2.24) is 0 Å². The molecule has 1 atom stereocenters. The van der Waals surface area contributed by atoms with E-state index >= 15 is 0 Å². The van der Waals surface area contributed by atoms with Crippen LogP contribution in [0.2, 0.25) is 10.0 Å². The first kappa shape index (κ1) is 17.1. The molecular weight excluding hydrogens is 367 g/mol. The van der Waals surface area contributed by atoms with E-state index in [4.69, 9.17) is 27.9 Å². The number of rotatable bonds is 4. The second-order valence-corrected chi connectivity index (χ2v) is 6.82. The van der Waals surface area contributed by atoms with Crippen molar-refractivity contribution in [2.75, 3.05) is 7.11 Å². The molecule has 2 aromatic carbocycles. The van der Waals surface area contributed by atoms with Gasteiger partial charge in [-0.2, -0.15) is 0 Å². The van der Waals surface area contributed by atoms with E-state index in [1.54, 1.807) is 6.07 Å². The van der Waals surface area contributed by atoms with E-state index in [0.29, 0.717) is 16.0 Å². The second-order valence-electron chi connectivity index (χ2n) is 5.08. The molecule has 0 spiro atoms. The average molecular weight is 381 g/mol. The van der Waals surface area contributed by atoms with Crippen LogP contribution in [0.15, 0.2) is 47.8 Å². The second kappa shape index (κ2) is 7.03. The van der Waals surface area contributed by atoms with E-state index in [9.17, 15) is 10.2 Å². The molecule has 0 aliphatic rings. The molecule has 3 aromatic rings. The SMILES string of the molecule is COc1c(Cl)c(C(O)c2cccs2)c(Cl)c(O)c1-c1ccccc1. The number of aliphatic hydroxyl groups excluding tert-OH is 1. The summed E-state index contributed by atoms with van der Waals surface area (Å²) in [6.07, 6.45) is -1.05. The fourth-order valence-electron chi connectivity index (χ4n) is 2.57. The predicted molar refractivity (Wildman–Crippen MR) is 98.5 cm³/mol. The Hall–Kier alpha value is -1.72. The largest absolute Gasteiger partial charge is 0.506 e. The molecule has 0 amide bonds. The first-order valence-electron chi connectivity index (χ1n) is 7.11. The predicted octanol–water partition coefficient (Wildman–Crippen LogP) is 5.52. The van der Waals surface area contributed by atoms with Gasteiger partial charge in [0.15, 0.2) is 0 Å². The van der Waals surface area contributed by atoms with Gasteiger partial charge in [-0.05, 0) is 17.0 Å². The first-order chi connectivity index (χ1) is 11.6. The lowest BCUT2D eigenvalue weighted by molar-refractivity contribution is 0.223. The van der Waals surface area contributed by atoms with Gasteiger partial charge in [-0.1, -0.05) is 59.6 Å². The van der Waals surface area contributed by atoms with Crippen LogP contribution in [0.1, 0.15) is 16.5 Å². The summed E-state index contributed by atoms with van der Waals surface area (Å²) in [5.41, 5.74) is 1.35. The van der Waals surface area contributed by atoms with Crippen molar-refractivity contribution < 1.29 is 14.9 Å². The van der Waals surface area contributed by atoms with Crippen LogP contribution in [0.5, 0.6) is 11.5 Å². The van der Waals surface area contributed by atoms with Crippen molar-refractivity contribution in [2.45, 2.75) is 6.10 Å². The van der Waals surface area contributed by atoms with Crippen molar-refractivity contribution in [3.63, 3.8) is 0 Å². The van der Waals surface area contributed by atoms with Crippen LogP contribution in [-0.2, 0) is 0 Å². The third-order valence-corrected chi connectivity index (χ3v) is 5.38. The molecule has 3 nitrogen and oxygen atoms in total. The van der Waals surface area contributed by atoms with Gasteiger partial charge in [0.05, 0.1) is 22.7 Å². The number of aromatic hydroxyl groups is 1. The molecule has 124 valence electrons. The molecule has 24 heavy (non-hydrogen) atoms. The number of ether oxygens (including phenoxy) is 1. The van der Waals surface area contributed by atoms with Gasteiger partial charge >= 0.3 is 0 Å². The van der Waals surface area contributed by atoms with Gasteiger partial charge in [0, 0.05) is 10.4 Å². The number of methoxy groups -OCH3 is 1. The summed E-state index contributed by atoms with van der Waals surface area (Å²) < 4.78 is 5.42. The highest BCUT2D eigenvalue weighted by molar-refractivity contribution is 7.10. The van der Waals surface area contributed by atoms with Crippen molar-refractivity contribution >= 4 is 34.5 Å². The molecule has 1 aromatic heterocycles. The van der Waals surface area contributed by atoms with Gasteiger partial charge in [0.1, 0.15) is 17.6 Å². The van der Waals surface area contributed by atoms with Crippen molar-refractivity contribution in [2.24, 2.45) is 0 Å². The van der Waals surface area contributed by atoms with Crippen molar-refractivity contribution in [1.29, 1.82) is 0 Å². The Labute approximate surface area is 153 Å². The molecule has 0 saturated heterocycles. The number of phenols is 1. The van der Waals surface area contributed by atoms with E-state index in [1.807, 2.05) is 41.8 Å². The highest BCUT2D eigenvalue weighted by Crippen LogP contribution is 2.52. The maximum Gasteiger partial charge on any atom is 0.149 e. The van der Waals surface area contributed by atoms with E-state index in [2.05, 4.69) is 0 Å². The van der Waals surface area contributed by atoms with E-state index < -0.39 is 6.10 Å². The molecule has 0 radical (unpaired) electrons. The Bertz CT molecular complexity index is 849. The van der Waals surface area contributed by atoms with Crippen LogP contribution in [0.3, 0.4) is 0 Å². The summed E-state index contributed by atoms with van der Waals surface area (Å²) in [7, 11) is 1.46. The van der Waals surface area contributed by atoms with Gasteiger partial charge in [-0.15, -0.1) is 11.3 Å². The maximum absolute atomic E-state index is 10.6. The molecule has 3 rings (SSSR count). The molecule has 0 saturated carbocycles. The van der Waals surface area contributed by atoms with E-state index in [0.717, 1.165) is 0 Å². The van der Waals surface area contributed by atoms with E-state index in [1.165, 1.54) is 18.4 Å². The number of hydrogen-bond acceptors (Lipinski definition) is 4. The van der Waals surface area contributed by atoms with Gasteiger partial charge in [-0.3, -0.25) is 0 Å². The summed E-state index contributed by atoms with van der Waals surface area (Å²) >= 11 is 14.2. The number of phenolic OH excluding ortho intramolecular Hbond substituents is 1. The first-order valence-corrected chi connectivity index (χ1v) is 8.74. The smallest absolute Gasteiger partial charge is 0.149 e. The van der Waals surface area contributed by atoms with Crippen LogP contribution in [0.25, 0.3) is 11.1 Å². The Morgan fingerprint density at radius 1 is 1.04 bits per heavy atom. The highest BCUT2D eigenvalue weighted by atomic mass is 35.5. The summed E-state index contributed by atoms with van der Waals surface area (Å²) in [6.45, 7) is 0. The fourth-order valence-corrected chi connectivity index (χ4v) is 4.00. The standard InChI is InChI=1S/C18H14Cl2O3S/c1-23-18-12(10-6-3-2-4-7-10)17(22)14(19)13(15(18)20)16(21)11-8-5-9-24-11/h2-9,16,21-22H,1H3. The Kier molecular flexibility index (Phi) is 5.01. The third kappa shape index (κ3) is 2.87. The lowest BCUT2D eigenvalue weighted by atomic mass is 9.98. The summed E-state index contributed by atoms with van der Waals surface area (Å²) in [4.78, 5) is 0.674. The number of halogens is 2. The summed E-state index contributed by atoms with van der Waals surface area (Å²) in [5, 5.41) is 23.3. The third-order valence-electron chi connectivity index (χ3n) is 3.70. The molecule has 0 aliphatic carbocycles. The minimum atomic E-state index is -1.05. The van der Waals surface area contributed by atoms with Gasteiger partial charge in [0.25, 0.3) is 0 Å². The van der Waals surface area contributed by atoms with Crippen LogP contribution in [-0.4, -0.2) is 17.3 Å². The Morgan fingerprint density at radius 2 is 1.75 bits per heavy atom. The molecule has 6 heteroatoms. The van der Waals surface area contributed by atoms with Crippen molar-refractivity contribution in [3.05, 3.63) is 68.3 Å². The zero-order valence-corrected chi connectivity index (χ0v) is 15.0. The quantitative estimate of drug-likeness (QED) is 0.626. The Balaban J connectivity index is 2.26. The number of aliphatic hydroxyl groups is 1. The fraction of sp³-hybridized carbons (Fsp3) is 0.111. The minimum Gasteiger partial charge on any atom is -0.506 e. The lowest BCUT2D eigenvalue weighted by Gasteiger charge is -2.20. The number of thiophene rings is 1. The Morgan fingerprint density at radius 3 is 2.33 bits per heavy atom. The summed E-state index contributed by atoms with van der Waals surface area (Å²) in [6, 6.07) is 12.8. The van der Waals surface area contributed by atoms with Crippen LogP contribution < -0.4 is 4.74 Å². The number of hydrogen-bond donors (Lipinski definition) is 2. The monoisotopic (exact) mass is 380 g/mol. The average Bonchev–Trinajstić information content (AvgIpc) is 3.13. The summed E-state index contributed by atoms with van der Waals surface area (Å²) in [5.74, 6) is 0.102. The van der Waals surface area contributed by atoms with Crippen LogP contribution >= 0.6 is 34.5 Å². The van der Waals surface area contributed by atoms with Gasteiger partial charge < -0.3 is 14.9 Å². The minimum absolute atomic E-state index is 0.0144. The molecule has 0 aliphatic heterocycles. The van der Waals surface area contributed by atoms with Gasteiger partial charge in [0.2, 0.25) is 0 Å². The van der Waals surface area contributed by atoms with E-state index in [-0.39, 0.29) is 27.1 Å². The van der Waals surface area contributed by atoms with Crippen molar-refractivity contribution in [3.8, 4) is 22.6 Å². The lowest BCUT2D eigenvalue weighted by Crippen LogP contribution is -2.03. The van der Waals surface area contributed by atoms with Crippen LogP contribution in [0, 0.1) is 0 Å². The zero-order chi connectivity index (χ0) is 17.3. The molecule has 0 fully saturated rings. The topological polar surface area (TPSA) is 49.7 Å².